The summed E-state index contributed by atoms with van der Waals surface area (Å²) < 4.78 is 0. The van der Waals surface area contributed by atoms with Crippen molar-refractivity contribution >= 4 is 29.1 Å². The van der Waals surface area contributed by atoms with E-state index in [1.54, 1.807) is 43.4 Å². The zero-order chi connectivity index (χ0) is 20.6. The molecular formula is C22H26N4O3. The number of nitrogens with zero attached hydrogens (tertiary/aromatic N) is 1. The fourth-order valence-electron chi connectivity index (χ4n) is 3.31. The van der Waals surface area contributed by atoms with Crippen LogP contribution in [0.2, 0.25) is 0 Å². The quantitative estimate of drug-likeness (QED) is 0.703. The predicted molar refractivity (Wildman–Crippen MR) is 113 cm³/mol. The number of hydrogen-bond donors (Lipinski definition) is 3. The van der Waals surface area contributed by atoms with E-state index >= 15 is 0 Å². The molecule has 3 amide bonds. The van der Waals surface area contributed by atoms with Crippen molar-refractivity contribution in [3.05, 3.63) is 59.7 Å². The van der Waals surface area contributed by atoms with E-state index in [2.05, 4.69) is 16.0 Å². The van der Waals surface area contributed by atoms with Gasteiger partial charge in [-0.1, -0.05) is 12.1 Å². The van der Waals surface area contributed by atoms with Crippen LogP contribution in [0.3, 0.4) is 0 Å². The van der Waals surface area contributed by atoms with Crippen molar-refractivity contribution < 1.29 is 14.4 Å². The maximum absolute atomic E-state index is 12.6. The van der Waals surface area contributed by atoms with Crippen molar-refractivity contribution in [2.45, 2.75) is 19.3 Å². The number of nitrogens with one attached hydrogen (secondary N) is 3. The lowest BCUT2D eigenvalue weighted by atomic mass is 10.1. The molecule has 1 fully saturated rings. The molecule has 0 aliphatic carbocycles. The van der Waals surface area contributed by atoms with Crippen LogP contribution < -0.4 is 16.0 Å². The van der Waals surface area contributed by atoms with E-state index in [4.69, 9.17) is 0 Å². The average molecular weight is 394 g/mol. The van der Waals surface area contributed by atoms with Gasteiger partial charge in [0.15, 0.2) is 0 Å². The molecule has 1 aliphatic heterocycles. The fraction of sp³-hybridized carbons (Fsp3) is 0.318. The van der Waals surface area contributed by atoms with E-state index in [0.717, 1.165) is 25.9 Å². The Labute approximate surface area is 170 Å². The van der Waals surface area contributed by atoms with Gasteiger partial charge in [0.05, 0.1) is 6.54 Å². The minimum Gasteiger partial charge on any atom is -0.376 e. The van der Waals surface area contributed by atoms with Crippen molar-refractivity contribution in [1.82, 2.24) is 10.2 Å². The molecule has 2 aromatic carbocycles. The number of hydrogen-bond acceptors (Lipinski definition) is 4. The van der Waals surface area contributed by atoms with E-state index in [0.29, 0.717) is 22.5 Å². The van der Waals surface area contributed by atoms with Crippen molar-refractivity contribution in [1.29, 1.82) is 0 Å². The van der Waals surface area contributed by atoms with Gasteiger partial charge in [-0.15, -0.1) is 0 Å². The topological polar surface area (TPSA) is 90.5 Å². The summed E-state index contributed by atoms with van der Waals surface area (Å²) in [4.78, 5) is 38.5. The molecule has 0 radical (unpaired) electrons. The maximum atomic E-state index is 12.6. The molecule has 3 N–H and O–H groups in total. The van der Waals surface area contributed by atoms with Crippen LogP contribution in [0, 0.1) is 0 Å². The molecule has 1 aliphatic rings. The van der Waals surface area contributed by atoms with Crippen LogP contribution in [-0.4, -0.2) is 49.3 Å². The van der Waals surface area contributed by atoms with Gasteiger partial charge >= 0.3 is 0 Å². The Morgan fingerprint density at radius 2 is 1.55 bits per heavy atom. The molecule has 0 saturated carbocycles. The Kier molecular flexibility index (Phi) is 6.84. The number of likely N-dealkylation sites (tertiary alicyclic amines) is 1. The third-order valence-corrected chi connectivity index (χ3v) is 4.84. The van der Waals surface area contributed by atoms with E-state index < -0.39 is 0 Å². The van der Waals surface area contributed by atoms with Gasteiger partial charge in [0.25, 0.3) is 11.8 Å². The first-order valence-corrected chi connectivity index (χ1v) is 9.82. The lowest BCUT2D eigenvalue weighted by Crippen LogP contribution is -2.35. The molecule has 7 heteroatoms. The highest BCUT2D eigenvalue weighted by Gasteiger charge is 2.18. The zero-order valence-corrected chi connectivity index (χ0v) is 16.5. The molecule has 0 aromatic heterocycles. The van der Waals surface area contributed by atoms with Gasteiger partial charge in [-0.05, 0) is 55.7 Å². The van der Waals surface area contributed by atoms with E-state index in [1.807, 2.05) is 17.0 Å². The van der Waals surface area contributed by atoms with Crippen LogP contribution in [-0.2, 0) is 4.79 Å². The Bertz CT molecular complexity index is 891. The molecular weight excluding hydrogens is 368 g/mol. The first-order chi connectivity index (χ1) is 14.1. The lowest BCUT2D eigenvalue weighted by Gasteiger charge is -2.26. The molecule has 0 unspecified atom stereocenters. The fourth-order valence-corrected chi connectivity index (χ4v) is 3.31. The standard InChI is InChI=1S/C22H26N4O3/c1-23-21(28)16-7-5-10-19(13-16)25-20(27)15-24-18-9-6-8-17(14-18)22(29)26-11-3-2-4-12-26/h5-10,13-14,24H,2-4,11-12,15H2,1H3,(H,23,28)(H,25,27). The molecule has 0 spiro atoms. The molecule has 2 aromatic rings. The smallest absolute Gasteiger partial charge is 0.253 e. The molecule has 1 heterocycles. The Balaban J connectivity index is 1.56. The molecule has 1 saturated heterocycles. The van der Waals surface area contributed by atoms with Gasteiger partial charge in [-0.25, -0.2) is 0 Å². The monoisotopic (exact) mass is 394 g/mol. The Morgan fingerprint density at radius 1 is 0.897 bits per heavy atom. The number of piperidine rings is 1. The highest BCUT2D eigenvalue weighted by molar-refractivity contribution is 5.98. The maximum Gasteiger partial charge on any atom is 0.253 e. The first-order valence-electron chi connectivity index (χ1n) is 9.82. The average Bonchev–Trinajstić information content (AvgIpc) is 2.77. The minimum absolute atomic E-state index is 0.0313. The number of carbonyl (C=O) groups excluding carboxylic acids is 3. The summed E-state index contributed by atoms with van der Waals surface area (Å²) in [5, 5.41) is 8.36. The van der Waals surface area contributed by atoms with Crippen molar-refractivity contribution in [2.75, 3.05) is 37.3 Å². The van der Waals surface area contributed by atoms with Crippen LogP contribution >= 0.6 is 0 Å². The number of amides is 3. The summed E-state index contributed by atoms with van der Waals surface area (Å²) in [5.41, 5.74) is 2.35. The molecule has 0 bridgehead atoms. The van der Waals surface area contributed by atoms with Gasteiger partial charge in [-0.2, -0.15) is 0 Å². The third kappa shape index (κ3) is 5.57. The van der Waals surface area contributed by atoms with Crippen LogP contribution in [0.1, 0.15) is 40.0 Å². The summed E-state index contributed by atoms with van der Waals surface area (Å²) in [6.07, 6.45) is 3.27. The lowest BCUT2D eigenvalue weighted by molar-refractivity contribution is -0.114. The second-order valence-electron chi connectivity index (χ2n) is 7.00. The molecule has 0 atom stereocenters. The van der Waals surface area contributed by atoms with Crippen molar-refractivity contribution in [2.24, 2.45) is 0 Å². The first kappa shape index (κ1) is 20.4. The minimum atomic E-state index is -0.244. The molecule has 7 nitrogen and oxygen atoms in total. The van der Waals surface area contributed by atoms with Gasteiger partial charge in [-0.3, -0.25) is 14.4 Å². The Morgan fingerprint density at radius 3 is 2.28 bits per heavy atom. The molecule has 29 heavy (non-hydrogen) atoms. The number of anilines is 2. The second kappa shape index (κ2) is 9.73. The van der Waals surface area contributed by atoms with Crippen LogP contribution in [0.5, 0.6) is 0 Å². The van der Waals surface area contributed by atoms with E-state index in [1.165, 1.54) is 6.42 Å². The highest BCUT2D eigenvalue weighted by atomic mass is 16.2. The molecule has 152 valence electrons. The van der Waals surface area contributed by atoms with Gasteiger partial charge < -0.3 is 20.9 Å². The number of benzene rings is 2. The number of rotatable bonds is 6. The highest BCUT2D eigenvalue weighted by Crippen LogP contribution is 2.16. The SMILES string of the molecule is CNC(=O)c1cccc(NC(=O)CNc2cccc(C(=O)N3CCCCC3)c2)c1. The summed E-state index contributed by atoms with van der Waals surface area (Å²) >= 11 is 0. The predicted octanol–water partition coefficient (Wildman–Crippen LogP) is 2.72. The normalized spacial score (nSPS) is 13.5. The van der Waals surface area contributed by atoms with Crippen LogP contribution in [0.15, 0.2) is 48.5 Å². The summed E-state index contributed by atoms with van der Waals surface area (Å²) in [7, 11) is 1.56. The third-order valence-electron chi connectivity index (χ3n) is 4.84. The van der Waals surface area contributed by atoms with E-state index in [9.17, 15) is 14.4 Å². The van der Waals surface area contributed by atoms with Crippen molar-refractivity contribution in [3.8, 4) is 0 Å². The summed E-state index contributed by atoms with van der Waals surface area (Å²) in [6, 6.07) is 13.9. The molecule has 3 rings (SSSR count). The van der Waals surface area contributed by atoms with Crippen LogP contribution in [0.4, 0.5) is 11.4 Å². The number of carbonyl (C=O) groups is 3. The van der Waals surface area contributed by atoms with Gasteiger partial charge in [0, 0.05) is 42.6 Å². The Hall–Kier alpha value is -3.35. The summed E-state index contributed by atoms with van der Waals surface area (Å²) in [5.74, 6) is -0.426. The zero-order valence-electron chi connectivity index (χ0n) is 16.5. The second-order valence-corrected chi connectivity index (χ2v) is 7.00. The van der Waals surface area contributed by atoms with Crippen molar-refractivity contribution in [3.63, 3.8) is 0 Å². The summed E-state index contributed by atoms with van der Waals surface area (Å²) in [6.45, 7) is 1.65. The van der Waals surface area contributed by atoms with Gasteiger partial charge in [0.1, 0.15) is 0 Å². The van der Waals surface area contributed by atoms with Crippen LogP contribution in [0.25, 0.3) is 0 Å². The van der Waals surface area contributed by atoms with Gasteiger partial charge in [0.2, 0.25) is 5.91 Å². The van der Waals surface area contributed by atoms with E-state index in [-0.39, 0.29) is 24.3 Å². The largest absolute Gasteiger partial charge is 0.376 e.